The second kappa shape index (κ2) is 6.77. The maximum atomic E-state index is 11.9. The van der Waals surface area contributed by atoms with Crippen molar-refractivity contribution in [3.8, 4) is 0 Å². The average molecular weight is 342 g/mol. The summed E-state index contributed by atoms with van der Waals surface area (Å²) in [6.45, 7) is -0.686. The highest BCUT2D eigenvalue weighted by atomic mass is 16.8. The first-order valence-electron chi connectivity index (χ1n) is 8.06. The topological polar surface area (TPSA) is 134 Å². The van der Waals surface area contributed by atoms with Crippen LogP contribution in [0.3, 0.4) is 0 Å². The van der Waals surface area contributed by atoms with Gasteiger partial charge in [0.15, 0.2) is 12.0 Å². The first-order chi connectivity index (χ1) is 11.5. The van der Waals surface area contributed by atoms with Crippen LogP contribution >= 0.6 is 0 Å². The maximum Gasteiger partial charge on any atom is 0.330 e. The third-order valence-electron chi connectivity index (χ3n) is 4.75. The lowest BCUT2D eigenvalue weighted by molar-refractivity contribution is -0.184. The smallest absolute Gasteiger partial charge is 0.330 e. The molecule has 0 amide bonds. The highest BCUT2D eigenvalue weighted by Crippen LogP contribution is 2.45. The molecule has 1 spiro atoms. The van der Waals surface area contributed by atoms with Gasteiger partial charge in [0.05, 0.1) is 19.3 Å². The second-order valence-electron chi connectivity index (χ2n) is 6.34. The lowest BCUT2D eigenvalue weighted by atomic mass is 9.98. The Balaban J connectivity index is 1.92. The predicted molar refractivity (Wildman–Crippen MR) is 81.2 cm³/mol. The Morgan fingerprint density at radius 2 is 1.83 bits per heavy atom. The number of hydrogen-bond donors (Lipinski definition) is 4. The summed E-state index contributed by atoms with van der Waals surface area (Å²) in [5.74, 6) is -1.51. The van der Waals surface area contributed by atoms with Gasteiger partial charge in [0, 0.05) is 31.0 Å². The first-order valence-corrected chi connectivity index (χ1v) is 8.06. The molecule has 0 radical (unpaired) electrons. The molecular formula is C15H22N2O7. The van der Waals surface area contributed by atoms with Crippen molar-refractivity contribution in [1.82, 2.24) is 9.55 Å². The molecule has 9 nitrogen and oxygen atoms in total. The Morgan fingerprint density at radius 3 is 2.42 bits per heavy atom. The molecule has 2 heterocycles. The molecule has 24 heavy (non-hydrogen) atoms. The zero-order chi connectivity index (χ0) is 17.3. The summed E-state index contributed by atoms with van der Waals surface area (Å²) < 4.78 is 12.9. The first kappa shape index (κ1) is 17.3. The molecule has 1 aliphatic heterocycles. The highest BCUT2D eigenvalue weighted by Gasteiger charge is 2.53. The van der Waals surface area contributed by atoms with Crippen LogP contribution in [-0.2, 0) is 9.47 Å². The lowest BCUT2D eigenvalue weighted by Gasteiger charge is -2.27. The molecule has 1 aromatic heterocycles. The molecule has 1 saturated carbocycles. The van der Waals surface area contributed by atoms with Gasteiger partial charge in [0.25, 0.3) is 5.56 Å². The molecule has 1 aliphatic carbocycles. The molecule has 2 fully saturated rings. The molecule has 3 atom stereocenters. The van der Waals surface area contributed by atoms with Crippen LogP contribution < -0.4 is 11.2 Å². The van der Waals surface area contributed by atoms with Gasteiger partial charge in [-0.2, -0.15) is 0 Å². The Hall–Kier alpha value is -1.52. The molecule has 1 aromatic rings. The third-order valence-corrected chi connectivity index (χ3v) is 4.75. The second-order valence-corrected chi connectivity index (χ2v) is 6.34. The summed E-state index contributed by atoms with van der Waals surface area (Å²) in [4.78, 5) is 25.2. The van der Waals surface area contributed by atoms with Crippen molar-refractivity contribution in [2.75, 3.05) is 13.2 Å². The van der Waals surface area contributed by atoms with Crippen molar-refractivity contribution >= 4 is 0 Å². The fourth-order valence-electron chi connectivity index (χ4n) is 3.46. The normalized spacial score (nSPS) is 27.2. The Bertz CT molecular complexity index is 675. The van der Waals surface area contributed by atoms with E-state index in [4.69, 9.17) is 9.47 Å². The van der Waals surface area contributed by atoms with E-state index in [0.29, 0.717) is 12.8 Å². The molecule has 0 unspecified atom stereocenters. The number of aliphatic hydroxyl groups is 3. The summed E-state index contributed by atoms with van der Waals surface area (Å²) in [7, 11) is 0. The molecule has 1 saturated heterocycles. The summed E-state index contributed by atoms with van der Waals surface area (Å²) in [5.41, 5.74) is -1.34. The van der Waals surface area contributed by atoms with E-state index in [-0.39, 0.29) is 13.2 Å². The molecule has 2 aliphatic rings. The highest BCUT2D eigenvalue weighted by molar-refractivity contribution is 4.96. The predicted octanol–water partition coefficient (Wildman–Crippen LogP) is -1.32. The third kappa shape index (κ3) is 3.05. The molecule has 3 rings (SSSR count). The monoisotopic (exact) mass is 342 g/mol. The fraction of sp³-hybridized carbons (Fsp3) is 0.733. The van der Waals surface area contributed by atoms with Crippen molar-refractivity contribution < 1.29 is 24.8 Å². The van der Waals surface area contributed by atoms with Gasteiger partial charge >= 0.3 is 5.69 Å². The average Bonchev–Trinajstić information content (AvgIpc) is 3.16. The molecule has 0 aromatic carbocycles. The van der Waals surface area contributed by atoms with Gasteiger partial charge < -0.3 is 24.8 Å². The van der Waals surface area contributed by atoms with Crippen LogP contribution in [-0.4, -0.2) is 56.1 Å². The summed E-state index contributed by atoms with van der Waals surface area (Å²) in [6, 6.07) is 1.12. The van der Waals surface area contributed by atoms with Gasteiger partial charge in [0.1, 0.15) is 6.10 Å². The number of rotatable bonds is 5. The number of aromatic amines is 1. The van der Waals surface area contributed by atoms with Crippen molar-refractivity contribution in [3.63, 3.8) is 0 Å². The van der Waals surface area contributed by atoms with E-state index in [1.807, 2.05) is 0 Å². The molecule has 134 valence electrons. The fourth-order valence-corrected chi connectivity index (χ4v) is 3.46. The van der Waals surface area contributed by atoms with Crippen LogP contribution in [0, 0.1) is 5.92 Å². The number of hydrogen-bond acceptors (Lipinski definition) is 7. The van der Waals surface area contributed by atoms with E-state index in [1.54, 1.807) is 0 Å². The van der Waals surface area contributed by atoms with Crippen LogP contribution in [0.4, 0.5) is 0 Å². The molecule has 9 heteroatoms. The van der Waals surface area contributed by atoms with Crippen LogP contribution in [0.1, 0.15) is 31.9 Å². The molecule has 0 bridgehead atoms. The minimum Gasteiger partial charge on any atom is -0.396 e. The van der Waals surface area contributed by atoms with E-state index in [9.17, 15) is 24.9 Å². The van der Waals surface area contributed by atoms with Crippen molar-refractivity contribution in [1.29, 1.82) is 0 Å². The Labute approximate surface area is 137 Å². The Morgan fingerprint density at radius 1 is 1.21 bits per heavy atom. The maximum absolute atomic E-state index is 11.9. The van der Waals surface area contributed by atoms with Crippen LogP contribution in [0.15, 0.2) is 21.9 Å². The molecule has 4 N–H and O–H groups in total. The van der Waals surface area contributed by atoms with Crippen LogP contribution in [0.25, 0.3) is 0 Å². The standard InChI is InChI=1S/C15H22N2O7/c18-7-9(8-19)11-12(24-15(23-11)4-1-2-5-15)13(21)17-6-3-10(20)16-14(17)22/h3,6,9,11-13,18-19,21H,1-2,4-5,7-8H2,(H,16,20,22)/t11-,12-,13-/m1/s1. The summed E-state index contributed by atoms with van der Waals surface area (Å²) in [5, 5.41) is 29.6. The van der Waals surface area contributed by atoms with E-state index in [2.05, 4.69) is 4.98 Å². The Kier molecular flexibility index (Phi) is 4.88. The van der Waals surface area contributed by atoms with E-state index >= 15 is 0 Å². The molecular weight excluding hydrogens is 320 g/mol. The van der Waals surface area contributed by atoms with Gasteiger partial charge in [0.2, 0.25) is 0 Å². The van der Waals surface area contributed by atoms with Gasteiger partial charge in [-0.05, 0) is 12.8 Å². The van der Waals surface area contributed by atoms with E-state index in [0.717, 1.165) is 23.5 Å². The summed E-state index contributed by atoms with van der Waals surface area (Å²) in [6.07, 6.45) is 1.17. The van der Waals surface area contributed by atoms with Gasteiger partial charge in [-0.25, -0.2) is 4.79 Å². The summed E-state index contributed by atoms with van der Waals surface area (Å²) >= 11 is 0. The zero-order valence-electron chi connectivity index (χ0n) is 13.1. The SMILES string of the molecule is O=c1ccn([C@H](O)[C@@H]2OC3(CCCC3)O[C@@H]2C(CO)CO)c(=O)[nH]1. The van der Waals surface area contributed by atoms with Crippen LogP contribution in [0.2, 0.25) is 0 Å². The van der Waals surface area contributed by atoms with Gasteiger partial charge in [-0.1, -0.05) is 0 Å². The largest absolute Gasteiger partial charge is 0.396 e. The number of aliphatic hydroxyl groups excluding tert-OH is 3. The number of nitrogens with zero attached hydrogens (tertiary/aromatic N) is 1. The van der Waals surface area contributed by atoms with E-state index in [1.165, 1.54) is 6.20 Å². The minimum absolute atomic E-state index is 0.343. The van der Waals surface area contributed by atoms with Crippen molar-refractivity contribution in [3.05, 3.63) is 33.1 Å². The van der Waals surface area contributed by atoms with Crippen molar-refractivity contribution in [2.45, 2.75) is 49.9 Å². The number of ether oxygens (including phenoxy) is 2. The number of H-pyrrole nitrogens is 1. The zero-order valence-corrected chi connectivity index (χ0v) is 13.1. The minimum atomic E-state index is -1.42. The number of aromatic nitrogens is 2. The lowest BCUT2D eigenvalue weighted by Crippen LogP contribution is -2.44. The van der Waals surface area contributed by atoms with Crippen LogP contribution in [0.5, 0.6) is 0 Å². The number of nitrogens with one attached hydrogen (secondary N) is 1. The van der Waals surface area contributed by atoms with Crippen molar-refractivity contribution in [2.24, 2.45) is 5.92 Å². The van der Waals surface area contributed by atoms with E-state index < -0.39 is 41.4 Å². The van der Waals surface area contributed by atoms with Gasteiger partial charge in [-0.15, -0.1) is 0 Å². The van der Waals surface area contributed by atoms with Gasteiger partial charge in [-0.3, -0.25) is 14.3 Å². The quantitative estimate of drug-likeness (QED) is 0.521.